The molecule has 2 unspecified atom stereocenters. The first-order valence-corrected chi connectivity index (χ1v) is 10.1. The minimum atomic E-state index is -0.799. The Balaban J connectivity index is 2.17. The Hall–Kier alpha value is -1.77. The van der Waals surface area contributed by atoms with Crippen LogP contribution in [-0.2, 0) is 4.79 Å². The minimum Gasteiger partial charge on any atom is -0.496 e. The van der Waals surface area contributed by atoms with E-state index in [0.29, 0.717) is 30.2 Å². The summed E-state index contributed by atoms with van der Waals surface area (Å²) in [6.07, 6.45) is 1.48. The number of carboxylic acid groups (broad SMARTS) is 1. The van der Waals surface area contributed by atoms with Crippen LogP contribution in [0.2, 0.25) is 0 Å². The Bertz CT molecular complexity index is 824. The van der Waals surface area contributed by atoms with Crippen LogP contribution >= 0.6 is 27.3 Å². The van der Waals surface area contributed by atoms with Gasteiger partial charge in [-0.3, -0.25) is 9.69 Å². The first-order chi connectivity index (χ1) is 13.0. The van der Waals surface area contributed by atoms with E-state index in [1.54, 1.807) is 38.7 Å². The zero-order valence-electron chi connectivity index (χ0n) is 15.4. The molecule has 0 amide bonds. The second-order valence-corrected chi connectivity index (χ2v) is 8.72. The fourth-order valence-electron chi connectivity index (χ4n) is 3.60. The molecule has 8 heteroatoms. The van der Waals surface area contributed by atoms with Crippen molar-refractivity contribution in [3.05, 3.63) is 38.5 Å². The van der Waals surface area contributed by atoms with Crippen molar-refractivity contribution in [1.82, 2.24) is 4.90 Å². The number of benzene rings is 1. The summed E-state index contributed by atoms with van der Waals surface area (Å²) in [5, 5.41) is 9.72. The normalized spacial score (nSPS) is 18.3. The number of hydrogen-bond acceptors (Lipinski definition) is 6. The number of aliphatic carboxylic acids is 1. The Morgan fingerprint density at radius 3 is 2.41 bits per heavy atom. The Labute approximate surface area is 170 Å². The number of likely N-dealkylation sites (tertiary alicyclic amines) is 1. The smallest absolute Gasteiger partial charge is 0.320 e. The Morgan fingerprint density at radius 2 is 1.85 bits per heavy atom. The largest absolute Gasteiger partial charge is 0.496 e. The third kappa shape index (κ3) is 3.93. The predicted octanol–water partition coefficient (Wildman–Crippen LogP) is 4.17. The van der Waals surface area contributed by atoms with Gasteiger partial charge >= 0.3 is 5.97 Å². The molecule has 0 spiro atoms. The third-order valence-electron chi connectivity index (χ3n) is 4.80. The maximum Gasteiger partial charge on any atom is 0.320 e. The van der Waals surface area contributed by atoms with Gasteiger partial charge in [0, 0.05) is 23.1 Å². The maximum absolute atomic E-state index is 11.8. The van der Waals surface area contributed by atoms with Crippen LogP contribution in [0.1, 0.15) is 29.3 Å². The van der Waals surface area contributed by atoms with Gasteiger partial charge in [0.25, 0.3) is 0 Å². The molecule has 2 atom stereocenters. The van der Waals surface area contributed by atoms with Gasteiger partial charge in [0.1, 0.15) is 11.8 Å². The van der Waals surface area contributed by atoms with E-state index in [0.717, 1.165) is 20.6 Å². The molecule has 1 aromatic heterocycles. The van der Waals surface area contributed by atoms with Crippen LogP contribution in [-0.4, -0.2) is 49.9 Å². The maximum atomic E-state index is 11.8. The van der Waals surface area contributed by atoms with Crippen LogP contribution in [0.3, 0.4) is 0 Å². The van der Waals surface area contributed by atoms with Gasteiger partial charge in [0.05, 0.1) is 31.2 Å². The van der Waals surface area contributed by atoms with Crippen molar-refractivity contribution >= 4 is 33.2 Å². The van der Waals surface area contributed by atoms with Crippen LogP contribution in [0, 0.1) is 0 Å². The van der Waals surface area contributed by atoms with Gasteiger partial charge in [0.15, 0.2) is 11.5 Å². The summed E-state index contributed by atoms with van der Waals surface area (Å²) < 4.78 is 17.5. The second-order valence-electron chi connectivity index (χ2n) is 6.23. The van der Waals surface area contributed by atoms with Crippen LogP contribution < -0.4 is 14.2 Å². The molecule has 0 aliphatic carbocycles. The highest BCUT2D eigenvalue weighted by molar-refractivity contribution is 9.11. The molecule has 146 valence electrons. The number of methoxy groups -OCH3 is 3. The lowest BCUT2D eigenvalue weighted by Gasteiger charge is -2.32. The molecule has 1 saturated heterocycles. The molecular weight excluding hydrogens is 434 g/mol. The van der Waals surface area contributed by atoms with E-state index in [1.165, 1.54) is 0 Å². The van der Waals surface area contributed by atoms with E-state index in [4.69, 9.17) is 14.2 Å². The summed E-state index contributed by atoms with van der Waals surface area (Å²) in [4.78, 5) is 14.9. The quantitative estimate of drug-likeness (QED) is 0.675. The monoisotopic (exact) mass is 455 g/mol. The van der Waals surface area contributed by atoms with Gasteiger partial charge in [-0.15, -0.1) is 11.3 Å². The third-order valence-corrected chi connectivity index (χ3v) is 6.48. The number of carbonyl (C=O) groups is 1. The van der Waals surface area contributed by atoms with E-state index < -0.39 is 12.0 Å². The van der Waals surface area contributed by atoms with Gasteiger partial charge in [-0.2, -0.15) is 0 Å². The zero-order valence-corrected chi connectivity index (χ0v) is 17.8. The molecule has 1 aliphatic rings. The van der Waals surface area contributed by atoms with Crippen molar-refractivity contribution in [2.24, 2.45) is 0 Å². The molecule has 1 fully saturated rings. The topological polar surface area (TPSA) is 68.2 Å². The molecule has 3 rings (SSSR count). The second kappa shape index (κ2) is 8.50. The van der Waals surface area contributed by atoms with Crippen molar-refractivity contribution < 1.29 is 24.1 Å². The molecule has 27 heavy (non-hydrogen) atoms. The highest BCUT2D eigenvalue weighted by Crippen LogP contribution is 2.45. The molecule has 1 aliphatic heterocycles. The summed E-state index contributed by atoms with van der Waals surface area (Å²) >= 11 is 5.11. The van der Waals surface area contributed by atoms with E-state index in [1.807, 2.05) is 23.1 Å². The van der Waals surface area contributed by atoms with Gasteiger partial charge in [-0.05, 0) is 47.0 Å². The van der Waals surface area contributed by atoms with Gasteiger partial charge in [-0.25, -0.2) is 0 Å². The summed E-state index contributed by atoms with van der Waals surface area (Å²) in [7, 11) is 4.76. The lowest BCUT2D eigenvalue weighted by Crippen LogP contribution is -2.39. The lowest BCUT2D eigenvalue weighted by molar-refractivity contribution is -0.142. The first kappa shape index (κ1) is 20.0. The Morgan fingerprint density at radius 1 is 1.19 bits per heavy atom. The summed E-state index contributed by atoms with van der Waals surface area (Å²) in [5.74, 6) is 0.992. The van der Waals surface area contributed by atoms with Crippen LogP contribution in [0.15, 0.2) is 28.1 Å². The fraction of sp³-hybridized carbons (Fsp3) is 0.421. The van der Waals surface area contributed by atoms with Crippen molar-refractivity contribution in [3.63, 3.8) is 0 Å². The van der Waals surface area contributed by atoms with E-state index in [2.05, 4.69) is 15.9 Å². The Kier molecular flexibility index (Phi) is 6.29. The van der Waals surface area contributed by atoms with Crippen molar-refractivity contribution in [2.75, 3.05) is 27.9 Å². The number of thiophene rings is 1. The number of halogens is 1. The first-order valence-electron chi connectivity index (χ1n) is 8.53. The highest BCUT2D eigenvalue weighted by Gasteiger charge is 2.39. The van der Waals surface area contributed by atoms with Crippen LogP contribution in [0.5, 0.6) is 17.2 Å². The summed E-state index contributed by atoms with van der Waals surface area (Å²) in [5.41, 5.74) is 0.859. The summed E-state index contributed by atoms with van der Waals surface area (Å²) in [6, 6.07) is 6.88. The average Bonchev–Trinajstić information content (AvgIpc) is 3.31. The van der Waals surface area contributed by atoms with E-state index in [-0.39, 0.29) is 6.04 Å². The number of hydrogen-bond donors (Lipinski definition) is 1. The van der Waals surface area contributed by atoms with Crippen molar-refractivity contribution in [1.29, 1.82) is 0 Å². The molecule has 1 N–H and O–H groups in total. The molecule has 0 bridgehead atoms. The molecule has 2 aromatic rings. The van der Waals surface area contributed by atoms with E-state index in [9.17, 15) is 9.90 Å². The molecule has 2 heterocycles. The molecule has 0 radical (unpaired) electrons. The van der Waals surface area contributed by atoms with Crippen molar-refractivity contribution in [2.45, 2.75) is 24.9 Å². The number of rotatable bonds is 7. The SMILES string of the molecule is COc1cc(OC)c(C(c2ccc(Br)s2)N2CCCC2C(=O)O)cc1OC. The standard InChI is InChI=1S/C19H22BrNO5S/c1-24-13-10-15(26-3)14(25-2)9-11(13)18(16-6-7-17(20)27-16)21-8-4-5-12(21)19(22)23/h6-7,9-10,12,18H,4-5,8H2,1-3H3,(H,22,23). The number of carboxylic acids is 1. The van der Waals surface area contributed by atoms with E-state index >= 15 is 0 Å². The molecule has 0 saturated carbocycles. The fourth-order valence-corrected chi connectivity index (χ4v) is 5.16. The summed E-state index contributed by atoms with van der Waals surface area (Å²) in [6.45, 7) is 0.703. The number of nitrogens with zero attached hydrogens (tertiary/aromatic N) is 1. The van der Waals surface area contributed by atoms with Gasteiger partial charge in [0.2, 0.25) is 0 Å². The predicted molar refractivity (Wildman–Crippen MR) is 107 cm³/mol. The molecular formula is C19H22BrNO5S. The molecule has 6 nitrogen and oxygen atoms in total. The van der Waals surface area contributed by atoms with Crippen molar-refractivity contribution in [3.8, 4) is 17.2 Å². The minimum absolute atomic E-state index is 0.250. The molecule has 1 aromatic carbocycles. The number of ether oxygens (including phenoxy) is 3. The van der Waals surface area contributed by atoms with Gasteiger partial charge < -0.3 is 19.3 Å². The highest BCUT2D eigenvalue weighted by atomic mass is 79.9. The average molecular weight is 456 g/mol. The van der Waals surface area contributed by atoms with Crippen LogP contribution in [0.4, 0.5) is 0 Å². The lowest BCUT2D eigenvalue weighted by atomic mass is 10.00. The zero-order chi connectivity index (χ0) is 19.6. The van der Waals surface area contributed by atoms with Gasteiger partial charge in [-0.1, -0.05) is 0 Å². The van der Waals surface area contributed by atoms with Crippen LogP contribution in [0.25, 0.3) is 0 Å².